The summed E-state index contributed by atoms with van der Waals surface area (Å²) in [5.74, 6) is 0.741. The average molecular weight is 361 g/mol. The van der Waals surface area contributed by atoms with Gasteiger partial charge in [0, 0.05) is 6.54 Å². The van der Waals surface area contributed by atoms with Crippen LogP contribution < -0.4 is 15.4 Å². The maximum atomic E-state index is 12.5. The number of carbonyl (C=O) groups is 1. The lowest BCUT2D eigenvalue weighted by Gasteiger charge is -2.15. The second-order valence-corrected chi connectivity index (χ2v) is 7.18. The molecule has 1 aliphatic rings. The van der Waals surface area contributed by atoms with Crippen LogP contribution in [-0.2, 0) is 0 Å². The molecular formula is C20H28N2O2S. The van der Waals surface area contributed by atoms with Crippen molar-refractivity contribution in [3.63, 3.8) is 0 Å². The molecule has 0 unspecified atom stereocenters. The number of allylic oxidation sites excluding steroid dienone is 1. The molecule has 2 rings (SSSR count). The minimum atomic E-state index is -0.242. The number of hydrogen-bond donors (Lipinski definition) is 2. The lowest BCUT2D eigenvalue weighted by molar-refractivity contribution is 0.0972. The predicted molar refractivity (Wildman–Crippen MR) is 106 cm³/mol. The van der Waals surface area contributed by atoms with E-state index in [2.05, 4.69) is 30.6 Å². The van der Waals surface area contributed by atoms with Crippen molar-refractivity contribution < 1.29 is 9.53 Å². The van der Waals surface area contributed by atoms with Crippen molar-refractivity contribution >= 4 is 23.2 Å². The molecule has 0 saturated carbocycles. The van der Waals surface area contributed by atoms with Gasteiger partial charge in [0.05, 0.1) is 12.2 Å². The molecule has 4 nitrogen and oxygen atoms in total. The van der Waals surface area contributed by atoms with E-state index >= 15 is 0 Å². The second-order valence-electron chi connectivity index (χ2n) is 6.77. The van der Waals surface area contributed by atoms with Crippen molar-refractivity contribution in [1.29, 1.82) is 0 Å². The fourth-order valence-corrected chi connectivity index (χ4v) is 2.91. The molecule has 0 fully saturated rings. The molecule has 136 valence electrons. The first-order chi connectivity index (χ1) is 12.1. The Morgan fingerprint density at radius 3 is 2.80 bits per heavy atom. The minimum Gasteiger partial charge on any atom is -0.492 e. The number of ether oxygens (including phenoxy) is 1. The van der Waals surface area contributed by atoms with E-state index in [0.29, 0.717) is 29.0 Å². The Bertz CT molecular complexity index is 626. The van der Waals surface area contributed by atoms with Gasteiger partial charge in [-0.15, -0.1) is 0 Å². The molecule has 2 N–H and O–H groups in total. The normalized spacial score (nSPS) is 14.0. The van der Waals surface area contributed by atoms with Gasteiger partial charge in [-0.25, -0.2) is 0 Å². The minimum absolute atomic E-state index is 0.242. The number of benzene rings is 1. The summed E-state index contributed by atoms with van der Waals surface area (Å²) < 4.78 is 5.73. The zero-order valence-electron chi connectivity index (χ0n) is 15.1. The van der Waals surface area contributed by atoms with E-state index in [4.69, 9.17) is 17.0 Å². The van der Waals surface area contributed by atoms with Crippen LogP contribution in [-0.4, -0.2) is 24.2 Å². The summed E-state index contributed by atoms with van der Waals surface area (Å²) in [5, 5.41) is 6.22. The molecule has 0 aromatic heterocycles. The highest BCUT2D eigenvalue weighted by Gasteiger charge is 2.14. The van der Waals surface area contributed by atoms with Crippen molar-refractivity contribution in [3.05, 3.63) is 41.5 Å². The van der Waals surface area contributed by atoms with Gasteiger partial charge in [-0.2, -0.15) is 0 Å². The molecule has 0 heterocycles. The lowest BCUT2D eigenvalue weighted by Crippen LogP contribution is -2.39. The highest BCUT2D eigenvalue weighted by Crippen LogP contribution is 2.20. The average Bonchev–Trinajstić information content (AvgIpc) is 2.61. The lowest BCUT2D eigenvalue weighted by atomic mass is 9.97. The Labute approximate surface area is 156 Å². The first kappa shape index (κ1) is 19.4. The standard InChI is InChI=1S/C20H28N2O2S/c1-15(2)14-24-18-11-7-6-10-17(18)19(23)22-20(25)21-13-12-16-8-4-3-5-9-16/h6-8,10-11,15H,3-5,9,12-14H2,1-2H3,(H2,21,22,23,25). The fourth-order valence-electron chi connectivity index (χ4n) is 2.72. The smallest absolute Gasteiger partial charge is 0.261 e. The maximum absolute atomic E-state index is 12.5. The Morgan fingerprint density at radius 1 is 1.28 bits per heavy atom. The first-order valence-electron chi connectivity index (χ1n) is 9.05. The molecule has 1 aromatic carbocycles. The van der Waals surface area contributed by atoms with Crippen molar-refractivity contribution in [2.75, 3.05) is 13.2 Å². The van der Waals surface area contributed by atoms with Crippen LogP contribution in [0.25, 0.3) is 0 Å². The van der Waals surface area contributed by atoms with Gasteiger partial charge in [0.1, 0.15) is 5.75 Å². The molecule has 0 spiro atoms. The van der Waals surface area contributed by atoms with Crippen LogP contribution in [0.3, 0.4) is 0 Å². The fraction of sp³-hybridized carbons (Fsp3) is 0.500. The Hall–Kier alpha value is -1.88. The summed E-state index contributed by atoms with van der Waals surface area (Å²) in [6.07, 6.45) is 8.24. The molecule has 0 radical (unpaired) electrons. The highest BCUT2D eigenvalue weighted by atomic mass is 32.1. The van der Waals surface area contributed by atoms with Crippen LogP contribution >= 0.6 is 12.2 Å². The number of carbonyl (C=O) groups excluding carboxylic acids is 1. The maximum Gasteiger partial charge on any atom is 0.261 e. The van der Waals surface area contributed by atoms with Gasteiger partial charge >= 0.3 is 0 Å². The topological polar surface area (TPSA) is 50.4 Å². The van der Waals surface area contributed by atoms with Crippen LogP contribution in [0.2, 0.25) is 0 Å². The zero-order valence-corrected chi connectivity index (χ0v) is 16.0. The Kier molecular flexibility index (Phi) is 7.92. The van der Waals surface area contributed by atoms with E-state index in [0.717, 1.165) is 13.0 Å². The first-order valence-corrected chi connectivity index (χ1v) is 9.46. The Balaban J connectivity index is 1.82. The van der Waals surface area contributed by atoms with Gasteiger partial charge in [0.15, 0.2) is 5.11 Å². The van der Waals surface area contributed by atoms with Gasteiger partial charge < -0.3 is 10.1 Å². The summed E-state index contributed by atoms with van der Waals surface area (Å²) in [6, 6.07) is 7.24. The third kappa shape index (κ3) is 6.86. The third-order valence-electron chi connectivity index (χ3n) is 4.05. The molecule has 1 aromatic rings. The summed E-state index contributed by atoms with van der Waals surface area (Å²) >= 11 is 5.24. The van der Waals surface area contributed by atoms with E-state index in [1.807, 2.05) is 18.2 Å². The monoisotopic (exact) mass is 360 g/mol. The zero-order chi connectivity index (χ0) is 18.1. The van der Waals surface area contributed by atoms with Crippen molar-refractivity contribution in [3.8, 4) is 5.75 Å². The molecule has 0 saturated heterocycles. The highest BCUT2D eigenvalue weighted by molar-refractivity contribution is 7.80. The SMILES string of the molecule is CC(C)COc1ccccc1C(=O)NC(=S)NCCC1=CCCCC1. The summed E-state index contributed by atoms with van der Waals surface area (Å²) in [6.45, 7) is 5.46. The van der Waals surface area contributed by atoms with E-state index in [1.54, 1.807) is 6.07 Å². The number of amides is 1. The molecule has 5 heteroatoms. The van der Waals surface area contributed by atoms with E-state index in [9.17, 15) is 4.79 Å². The Morgan fingerprint density at radius 2 is 2.08 bits per heavy atom. The predicted octanol–water partition coefficient (Wildman–Crippen LogP) is 4.22. The van der Waals surface area contributed by atoms with E-state index in [-0.39, 0.29) is 5.91 Å². The molecule has 0 aliphatic heterocycles. The van der Waals surface area contributed by atoms with Crippen molar-refractivity contribution in [1.82, 2.24) is 10.6 Å². The third-order valence-corrected chi connectivity index (χ3v) is 4.29. The van der Waals surface area contributed by atoms with Crippen LogP contribution in [0.1, 0.15) is 56.3 Å². The quantitative estimate of drug-likeness (QED) is 0.565. The van der Waals surface area contributed by atoms with Crippen LogP contribution in [0.15, 0.2) is 35.9 Å². The molecule has 0 atom stereocenters. The van der Waals surface area contributed by atoms with Gasteiger partial charge in [0.2, 0.25) is 0 Å². The molecule has 1 amide bonds. The van der Waals surface area contributed by atoms with Crippen molar-refractivity contribution in [2.45, 2.75) is 46.0 Å². The molecule has 1 aliphatic carbocycles. The van der Waals surface area contributed by atoms with Crippen LogP contribution in [0.5, 0.6) is 5.75 Å². The van der Waals surface area contributed by atoms with E-state index in [1.165, 1.54) is 31.3 Å². The van der Waals surface area contributed by atoms with Gasteiger partial charge in [0.25, 0.3) is 5.91 Å². The van der Waals surface area contributed by atoms with Crippen LogP contribution in [0, 0.1) is 5.92 Å². The van der Waals surface area contributed by atoms with Crippen molar-refractivity contribution in [2.24, 2.45) is 5.92 Å². The molecule has 0 bridgehead atoms. The number of thiocarbonyl (C=S) groups is 1. The molecular weight excluding hydrogens is 332 g/mol. The number of para-hydroxylation sites is 1. The van der Waals surface area contributed by atoms with Gasteiger partial charge in [-0.05, 0) is 62.4 Å². The largest absolute Gasteiger partial charge is 0.492 e. The second kappa shape index (κ2) is 10.2. The summed E-state index contributed by atoms with van der Waals surface area (Å²) in [7, 11) is 0. The summed E-state index contributed by atoms with van der Waals surface area (Å²) in [4.78, 5) is 12.5. The summed E-state index contributed by atoms with van der Waals surface area (Å²) in [5.41, 5.74) is 1.99. The van der Waals surface area contributed by atoms with E-state index < -0.39 is 0 Å². The van der Waals surface area contributed by atoms with Gasteiger partial charge in [-0.3, -0.25) is 10.1 Å². The number of hydrogen-bond acceptors (Lipinski definition) is 3. The van der Waals surface area contributed by atoms with Crippen LogP contribution in [0.4, 0.5) is 0 Å². The number of rotatable bonds is 7. The van der Waals surface area contributed by atoms with Gasteiger partial charge in [-0.1, -0.05) is 37.6 Å². The number of nitrogens with one attached hydrogen (secondary N) is 2. The molecule has 25 heavy (non-hydrogen) atoms.